The van der Waals surface area contributed by atoms with E-state index in [1.807, 2.05) is 0 Å². The van der Waals surface area contributed by atoms with E-state index in [2.05, 4.69) is 9.97 Å². The Morgan fingerprint density at radius 3 is 2.89 bits per heavy atom. The number of hydrogen-bond donors (Lipinski definition) is 0. The molecule has 0 saturated carbocycles. The molecule has 0 N–H and O–H groups in total. The van der Waals surface area contributed by atoms with E-state index in [9.17, 15) is 14.9 Å². The first-order chi connectivity index (χ1) is 13.0. The smallest absolute Gasteiger partial charge is 0.282 e. The Labute approximate surface area is 160 Å². The fourth-order valence-electron chi connectivity index (χ4n) is 2.88. The summed E-state index contributed by atoms with van der Waals surface area (Å²) in [5.41, 5.74) is -0.305. The molecule has 1 fully saturated rings. The molecular weight excluding hydrogens is 376 g/mol. The highest BCUT2D eigenvalue weighted by Crippen LogP contribution is 2.26. The molecule has 1 aliphatic rings. The summed E-state index contributed by atoms with van der Waals surface area (Å²) in [5, 5.41) is 11.5. The van der Waals surface area contributed by atoms with Gasteiger partial charge in [0, 0.05) is 17.6 Å². The van der Waals surface area contributed by atoms with Crippen molar-refractivity contribution in [1.29, 1.82) is 0 Å². The largest absolute Gasteiger partial charge is 0.480 e. The summed E-state index contributed by atoms with van der Waals surface area (Å²) in [5.74, 6) is 0.169. The number of carbonyl (C=O) groups excluding carboxylic acids is 1. The predicted molar refractivity (Wildman–Crippen MR) is 96.2 cm³/mol. The van der Waals surface area contributed by atoms with E-state index >= 15 is 0 Å². The van der Waals surface area contributed by atoms with E-state index in [1.54, 1.807) is 0 Å². The molecule has 1 amide bonds. The van der Waals surface area contributed by atoms with Crippen molar-refractivity contribution in [1.82, 2.24) is 14.9 Å². The SMILES string of the molecule is COc1cncc(OC2CCCN(C(=O)c3cc(Cl)ccc3[N+](=O)[O-])C2)n1. The fraction of sp³-hybridized carbons (Fsp3) is 0.353. The first kappa shape index (κ1) is 18.8. The minimum Gasteiger partial charge on any atom is -0.480 e. The summed E-state index contributed by atoms with van der Waals surface area (Å²) in [4.78, 5) is 33.1. The van der Waals surface area contributed by atoms with Crippen molar-refractivity contribution in [3.05, 3.63) is 51.3 Å². The van der Waals surface area contributed by atoms with Crippen molar-refractivity contribution >= 4 is 23.2 Å². The van der Waals surface area contributed by atoms with Gasteiger partial charge in [0.2, 0.25) is 11.8 Å². The molecule has 1 saturated heterocycles. The number of hydrogen-bond acceptors (Lipinski definition) is 7. The number of likely N-dealkylation sites (tertiary alicyclic amines) is 1. The maximum absolute atomic E-state index is 12.8. The van der Waals surface area contributed by atoms with Crippen molar-refractivity contribution < 1.29 is 19.2 Å². The summed E-state index contributed by atoms with van der Waals surface area (Å²) in [6.07, 6.45) is 4.04. The number of piperidine rings is 1. The van der Waals surface area contributed by atoms with Crippen LogP contribution in [0.1, 0.15) is 23.2 Å². The van der Waals surface area contributed by atoms with Gasteiger partial charge in [-0.3, -0.25) is 19.9 Å². The Kier molecular flexibility index (Phi) is 5.70. The zero-order valence-electron chi connectivity index (χ0n) is 14.5. The summed E-state index contributed by atoms with van der Waals surface area (Å²) in [7, 11) is 1.48. The minimum absolute atomic E-state index is 0.0330. The average Bonchev–Trinajstić information content (AvgIpc) is 2.67. The Morgan fingerprint density at radius 2 is 2.15 bits per heavy atom. The van der Waals surface area contributed by atoms with Crippen LogP contribution < -0.4 is 9.47 Å². The van der Waals surface area contributed by atoms with Crippen LogP contribution in [0.3, 0.4) is 0 Å². The van der Waals surface area contributed by atoms with E-state index in [-0.39, 0.29) is 28.9 Å². The summed E-state index contributed by atoms with van der Waals surface area (Å²) >= 11 is 5.92. The Bertz CT molecular complexity index is 863. The molecule has 0 spiro atoms. The van der Waals surface area contributed by atoms with Crippen LogP contribution in [-0.2, 0) is 0 Å². The fourth-order valence-corrected chi connectivity index (χ4v) is 3.06. The number of nitrogens with zero attached hydrogens (tertiary/aromatic N) is 4. The zero-order valence-corrected chi connectivity index (χ0v) is 15.3. The van der Waals surface area contributed by atoms with Gasteiger partial charge in [-0.05, 0) is 25.0 Å². The number of halogens is 1. The third-order valence-electron chi connectivity index (χ3n) is 4.14. The number of rotatable bonds is 5. The van der Waals surface area contributed by atoms with Gasteiger partial charge in [-0.15, -0.1) is 0 Å². The number of nitro benzene ring substituents is 1. The zero-order chi connectivity index (χ0) is 19.4. The number of aromatic nitrogens is 2. The van der Waals surface area contributed by atoms with Gasteiger partial charge in [0.25, 0.3) is 11.6 Å². The monoisotopic (exact) mass is 392 g/mol. The number of nitro groups is 1. The van der Waals surface area contributed by atoms with Crippen molar-refractivity contribution in [2.45, 2.75) is 18.9 Å². The first-order valence-corrected chi connectivity index (χ1v) is 8.61. The lowest BCUT2D eigenvalue weighted by Crippen LogP contribution is -2.44. The van der Waals surface area contributed by atoms with Crippen LogP contribution in [-0.4, -0.2) is 52.0 Å². The molecular formula is C17H17ClN4O5. The van der Waals surface area contributed by atoms with Crippen LogP contribution in [0.4, 0.5) is 5.69 Å². The van der Waals surface area contributed by atoms with Gasteiger partial charge in [-0.1, -0.05) is 11.6 Å². The number of carbonyl (C=O) groups is 1. The second kappa shape index (κ2) is 8.17. The number of ether oxygens (including phenoxy) is 2. The molecule has 1 unspecified atom stereocenters. The molecule has 9 nitrogen and oxygen atoms in total. The van der Waals surface area contributed by atoms with Crippen molar-refractivity contribution in [2.24, 2.45) is 0 Å². The first-order valence-electron chi connectivity index (χ1n) is 8.24. The molecule has 0 aliphatic carbocycles. The lowest BCUT2D eigenvalue weighted by molar-refractivity contribution is -0.385. The van der Waals surface area contributed by atoms with Gasteiger partial charge in [-0.25, -0.2) is 0 Å². The molecule has 0 radical (unpaired) electrons. The van der Waals surface area contributed by atoms with Gasteiger partial charge >= 0.3 is 0 Å². The van der Waals surface area contributed by atoms with E-state index in [1.165, 1.54) is 42.6 Å². The molecule has 1 atom stereocenters. The van der Waals surface area contributed by atoms with Crippen LogP contribution in [0.2, 0.25) is 5.02 Å². The molecule has 142 valence electrons. The molecule has 2 aromatic rings. The summed E-state index contributed by atoms with van der Waals surface area (Å²) in [6, 6.07) is 3.94. The third kappa shape index (κ3) is 4.43. The Balaban J connectivity index is 1.75. The van der Waals surface area contributed by atoms with Gasteiger partial charge in [0.15, 0.2) is 0 Å². The molecule has 27 heavy (non-hydrogen) atoms. The number of benzene rings is 1. The number of amides is 1. The van der Waals surface area contributed by atoms with Crippen molar-refractivity contribution in [3.8, 4) is 11.8 Å². The molecule has 1 aromatic heterocycles. The highest BCUT2D eigenvalue weighted by atomic mass is 35.5. The van der Waals surface area contributed by atoms with Crippen molar-refractivity contribution in [3.63, 3.8) is 0 Å². The standard InChI is InChI=1S/C17H17ClN4O5/c1-26-15-8-19-9-16(20-15)27-12-3-2-6-21(10-12)17(23)13-7-11(18)4-5-14(13)22(24)25/h4-5,7-9,12H,2-3,6,10H2,1H3. The summed E-state index contributed by atoms with van der Waals surface area (Å²) in [6.45, 7) is 0.757. The normalized spacial score (nSPS) is 16.7. The Morgan fingerprint density at radius 1 is 1.37 bits per heavy atom. The predicted octanol–water partition coefficient (Wildman–Crippen LogP) is 2.73. The van der Waals surface area contributed by atoms with Gasteiger partial charge < -0.3 is 14.4 Å². The highest BCUT2D eigenvalue weighted by Gasteiger charge is 2.30. The molecule has 0 bridgehead atoms. The maximum atomic E-state index is 12.8. The topological polar surface area (TPSA) is 108 Å². The molecule has 3 rings (SSSR count). The average molecular weight is 393 g/mol. The highest BCUT2D eigenvalue weighted by molar-refractivity contribution is 6.31. The second-order valence-corrected chi connectivity index (χ2v) is 6.39. The van der Waals surface area contributed by atoms with Crippen LogP contribution in [0.15, 0.2) is 30.6 Å². The van der Waals surface area contributed by atoms with Gasteiger partial charge in [-0.2, -0.15) is 4.98 Å². The molecule has 10 heteroatoms. The summed E-state index contributed by atoms with van der Waals surface area (Å²) < 4.78 is 10.8. The van der Waals surface area contributed by atoms with Crippen LogP contribution >= 0.6 is 11.6 Å². The van der Waals surface area contributed by atoms with Crippen molar-refractivity contribution in [2.75, 3.05) is 20.2 Å². The van der Waals surface area contributed by atoms with E-state index in [4.69, 9.17) is 21.1 Å². The third-order valence-corrected chi connectivity index (χ3v) is 4.37. The van der Waals surface area contributed by atoms with Crippen LogP contribution in [0.5, 0.6) is 11.8 Å². The molecule has 2 heterocycles. The van der Waals surface area contributed by atoms with E-state index < -0.39 is 10.8 Å². The molecule has 1 aliphatic heterocycles. The van der Waals surface area contributed by atoms with E-state index in [0.29, 0.717) is 24.7 Å². The maximum Gasteiger partial charge on any atom is 0.282 e. The van der Waals surface area contributed by atoms with E-state index in [0.717, 1.165) is 6.42 Å². The lowest BCUT2D eigenvalue weighted by Gasteiger charge is -2.32. The van der Waals surface area contributed by atoms with Gasteiger partial charge in [0.1, 0.15) is 11.7 Å². The second-order valence-electron chi connectivity index (χ2n) is 5.95. The van der Waals surface area contributed by atoms with Crippen LogP contribution in [0.25, 0.3) is 0 Å². The Hall–Kier alpha value is -2.94. The van der Waals surface area contributed by atoms with Crippen LogP contribution in [0, 0.1) is 10.1 Å². The minimum atomic E-state index is -0.590. The lowest BCUT2D eigenvalue weighted by atomic mass is 10.1. The quantitative estimate of drug-likeness (QED) is 0.568. The molecule has 1 aromatic carbocycles. The van der Waals surface area contributed by atoms with Gasteiger partial charge in [0.05, 0.1) is 31.0 Å². The number of methoxy groups -OCH3 is 1.